The van der Waals surface area contributed by atoms with Gasteiger partial charge in [-0.15, -0.1) is 0 Å². The van der Waals surface area contributed by atoms with Crippen LogP contribution in [0.15, 0.2) is 53.3 Å². The monoisotopic (exact) mass is 322 g/mol. The van der Waals surface area contributed by atoms with Crippen LogP contribution in [0.5, 0.6) is 5.75 Å². The predicted molar refractivity (Wildman–Crippen MR) is 94.9 cm³/mol. The molecular formula is C19H18N2O3. The van der Waals surface area contributed by atoms with Gasteiger partial charge in [-0.25, -0.2) is 0 Å². The highest BCUT2D eigenvalue weighted by Crippen LogP contribution is 2.20. The van der Waals surface area contributed by atoms with Crippen molar-refractivity contribution in [2.45, 2.75) is 13.8 Å². The molecule has 0 bridgehead atoms. The van der Waals surface area contributed by atoms with E-state index >= 15 is 0 Å². The van der Waals surface area contributed by atoms with E-state index in [0.717, 1.165) is 16.7 Å². The van der Waals surface area contributed by atoms with Crippen molar-refractivity contribution >= 4 is 22.5 Å². The second kappa shape index (κ2) is 6.58. The molecule has 0 unspecified atom stereocenters. The average molecular weight is 322 g/mol. The molecule has 0 fully saturated rings. The minimum absolute atomic E-state index is 0.157. The first kappa shape index (κ1) is 15.8. The van der Waals surface area contributed by atoms with Gasteiger partial charge in [0.1, 0.15) is 5.75 Å². The number of ether oxygens (including phenoxy) is 1. The Balaban J connectivity index is 1.83. The number of pyridine rings is 1. The third kappa shape index (κ3) is 3.30. The lowest BCUT2D eigenvalue weighted by molar-refractivity contribution is 0.102. The first-order valence-corrected chi connectivity index (χ1v) is 7.74. The summed E-state index contributed by atoms with van der Waals surface area (Å²) < 4.78 is 5.36. The molecule has 5 nitrogen and oxygen atoms in total. The number of aromatic amines is 1. The topological polar surface area (TPSA) is 71.2 Å². The molecular weight excluding hydrogens is 304 g/mol. The van der Waals surface area contributed by atoms with E-state index in [9.17, 15) is 9.59 Å². The number of rotatable bonds is 4. The van der Waals surface area contributed by atoms with Crippen molar-refractivity contribution < 1.29 is 9.53 Å². The Hall–Kier alpha value is -3.08. The lowest BCUT2D eigenvalue weighted by Gasteiger charge is -2.08. The first-order valence-electron chi connectivity index (χ1n) is 7.74. The number of hydrogen-bond acceptors (Lipinski definition) is 3. The number of aromatic nitrogens is 1. The molecule has 1 amide bonds. The van der Waals surface area contributed by atoms with Crippen molar-refractivity contribution in [3.8, 4) is 5.75 Å². The number of H-pyrrole nitrogens is 1. The Morgan fingerprint density at radius 1 is 1.12 bits per heavy atom. The predicted octanol–water partition coefficient (Wildman–Crippen LogP) is 3.49. The van der Waals surface area contributed by atoms with Crippen molar-refractivity contribution in [1.29, 1.82) is 0 Å². The van der Waals surface area contributed by atoms with Gasteiger partial charge in [-0.3, -0.25) is 9.59 Å². The van der Waals surface area contributed by atoms with Crippen molar-refractivity contribution in [2.75, 3.05) is 11.9 Å². The Kier molecular flexibility index (Phi) is 4.33. The summed E-state index contributed by atoms with van der Waals surface area (Å²) in [6, 6.07) is 14.0. The Morgan fingerprint density at radius 3 is 2.58 bits per heavy atom. The third-order valence-corrected chi connectivity index (χ3v) is 3.74. The summed E-state index contributed by atoms with van der Waals surface area (Å²) in [5.41, 5.74) is 2.61. The zero-order valence-electron chi connectivity index (χ0n) is 13.6. The van der Waals surface area contributed by atoms with E-state index < -0.39 is 0 Å². The van der Waals surface area contributed by atoms with Gasteiger partial charge in [0.05, 0.1) is 12.1 Å². The molecule has 1 heterocycles. The van der Waals surface area contributed by atoms with Crippen LogP contribution >= 0.6 is 0 Å². The van der Waals surface area contributed by atoms with E-state index in [1.165, 1.54) is 0 Å². The van der Waals surface area contributed by atoms with Crippen molar-refractivity contribution in [1.82, 2.24) is 4.98 Å². The molecule has 5 heteroatoms. The lowest BCUT2D eigenvalue weighted by Crippen LogP contribution is -2.12. The fourth-order valence-electron chi connectivity index (χ4n) is 2.58. The average Bonchev–Trinajstić information content (AvgIpc) is 2.55. The molecule has 0 aliphatic rings. The Morgan fingerprint density at radius 2 is 1.88 bits per heavy atom. The van der Waals surface area contributed by atoms with Gasteiger partial charge in [0, 0.05) is 22.7 Å². The van der Waals surface area contributed by atoms with E-state index in [1.54, 1.807) is 36.4 Å². The molecule has 1 aromatic heterocycles. The van der Waals surface area contributed by atoms with Crippen LogP contribution in [0, 0.1) is 6.92 Å². The number of anilines is 1. The largest absolute Gasteiger partial charge is 0.494 e. The van der Waals surface area contributed by atoms with Crippen LogP contribution in [0.25, 0.3) is 10.9 Å². The Labute approximate surface area is 139 Å². The summed E-state index contributed by atoms with van der Waals surface area (Å²) in [4.78, 5) is 26.7. The third-order valence-electron chi connectivity index (χ3n) is 3.74. The van der Waals surface area contributed by atoms with Gasteiger partial charge in [-0.05, 0) is 55.8 Å². The van der Waals surface area contributed by atoms with Gasteiger partial charge in [0.15, 0.2) is 0 Å². The smallest absolute Gasteiger partial charge is 0.255 e. The first-order chi connectivity index (χ1) is 11.6. The highest BCUT2D eigenvalue weighted by Gasteiger charge is 2.08. The minimum atomic E-state index is -0.215. The van der Waals surface area contributed by atoms with E-state index in [1.807, 2.05) is 26.0 Å². The van der Waals surface area contributed by atoms with Crippen molar-refractivity contribution in [3.05, 3.63) is 70.0 Å². The molecule has 3 aromatic rings. The van der Waals surface area contributed by atoms with Crippen LogP contribution in [-0.4, -0.2) is 17.5 Å². The lowest BCUT2D eigenvalue weighted by atomic mass is 10.1. The molecule has 0 aliphatic carbocycles. The molecule has 3 rings (SSSR count). The minimum Gasteiger partial charge on any atom is -0.494 e. The summed E-state index contributed by atoms with van der Waals surface area (Å²) in [5, 5.41) is 3.79. The number of fused-ring (bicyclic) bond motifs is 1. The van der Waals surface area contributed by atoms with Crippen LogP contribution in [0.2, 0.25) is 0 Å². The SMILES string of the molecule is CCOc1ccc(C(=O)Nc2ccc3c(C)cc(=O)[nH]c3c2)cc1. The highest BCUT2D eigenvalue weighted by atomic mass is 16.5. The maximum absolute atomic E-state index is 12.3. The van der Waals surface area contributed by atoms with E-state index in [0.29, 0.717) is 23.4 Å². The number of benzene rings is 2. The van der Waals surface area contributed by atoms with Gasteiger partial charge in [0.25, 0.3) is 5.91 Å². The van der Waals surface area contributed by atoms with Crippen LogP contribution in [0.3, 0.4) is 0 Å². The molecule has 2 aromatic carbocycles. The van der Waals surface area contributed by atoms with E-state index in [4.69, 9.17) is 4.74 Å². The maximum Gasteiger partial charge on any atom is 0.255 e. The van der Waals surface area contributed by atoms with Crippen LogP contribution < -0.4 is 15.6 Å². The summed E-state index contributed by atoms with van der Waals surface area (Å²) >= 11 is 0. The number of carbonyl (C=O) groups excluding carboxylic acids is 1. The van der Waals surface area contributed by atoms with E-state index in [-0.39, 0.29) is 11.5 Å². The molecule has 0 saturated carbocycles. The number of nitrogens with one attached hydrogen (secondary N) is 2. The summed E-state index contributed by atoms with van der Waals surface area (Å²) in [6.07, 6.45) is 0. The van der Waals surface area contributed by atoms with Gasteiger partial charge >= 0.3 is 0 Å². The normalized spacial score (nSPS) is 10.6. The number of aryl methyl sites for hydroxylation is 1. The van der Waals surface area contributed by atoms with Crippen LogP contribution in [-0.2, 0) is 0 Å². The molecule has 2 N–H and O–H groups in total. The van der Waals surface area contributed by atoms with E-state index in [2.05, 4.69) is 10.3 Å². The molecule has 0 spiro atoms. The zero-order chi connectivity index (χ0) is 17.1. The van der Waals surface area contributed by atoms with Crippen LogP contribution in [0.1, 0.15) is 22.8 Å². The molecule has 0 atom stereocenters. The number of hydrogen-bond donors (Lipinski definition) is 2. The molecule has 0 aliphatic heterocycles. The summed E-state index contributed by atoms with van der Waals surface area (Å²) in [7, 11) is 0. The number of amides is 1. The second-order valence-electron chi connectivity index (χ2n) is 5.49. The van der Waals surface area contributed by atoms with Gasteiger partial charge < -0.3 is 15.0 Å². The quantitative estimate of drug-likeness (QED) is 0.772. The van der Waals surface area contributed by atoms with Gasteiger partial charge in [0.2, 0.25) is 5.56 Å². The van der Waals surface area contributed by atoms with Crippen molar-refractivity contribution in [2.24, 2.45) is 0 Å². The zero-order valence-corrected chi connectivity index (χ0v) is 13.6. The van der Waals surface area contributed by atoms with Crippen molar-refractivity contribution in [3.63, 3.8) is 0 Å². The molecule has 0 saturated heterocycles. The Bertz CT molecular complexity index is 943. The number of carbonyl (C=O) groups is 1. The summed E-state index contributed by atoms with van der Waals surface area (Å²) in [5.74, 6) is 0.514. The highest BCUT2D eigenvalue weighted by molar-refractivity contribution is 6.05. The standard InChI is InChI=1S/C19H18N2O3/c1-3-24-15-7-4-13(5-8-15)19(23)20-14-6-9-16-12(2)10-18(22)21-17(16)11-14/h4-11H,3H2,1-2H3,(H,20,23)(H,21,22). The maximum atomic E-state index is 12.3. The van der Waals surface area contributed by atoms with Crippen LogP contribution in [0.4, 0.5) is 5.69 Å². The molecule has 122 valence electrons. The fraction of sp³-hybridized carbons (Fsp3) is 0.158. The molecule has 24 heavy (non-hydrogen) atoms. The second-order valence-corrected chi connectivity index (χ2v) is 5.49. The summed E-state index contributed by atoms with van der Waals surface area (Å²) in [6.45, 7) is 4.38. The van der Waals surface area contributed by atoms with Gasteiger partial charge in [-0.2, -0.15) is 0 Å². The fourth-order valence-corrected chi connectivity index (χ4v) is 2.58. The van der Waals surface area contributed by atoms with Gasteiger partial charge in [-0.1, -0.05) is 6.07 Å². The molecule has 0 radical (unpaired) electrons.